The van der Waals surface area contributed by atoms with Crippen molar-refractivity contribution in [1.29, 1.82) is 0 Å². The second-order valence-corrected chi connectivity index (χ2v) is 5.21. The van der Waals surface area contributed by atoms with E-state index in [2.05, 4.69) is 27.2 Å². The number of piperidine rings is 1. The summed E-state index contributed by atoms with van der Waals surface area (Å²) in [5.74, 6) is 2.37. The fourth-order valence-corrected chi connectivity index (χ4v) is 2.60. The highest BCUT2D eigenvalue weighted by atomic mass is 16.5. The van der Waals surface area contributed by atoms with E-state index < -0.39 is 0 Å². The molecule has 3 rings (SSSR count). The summed E-state index contributed by atoms with van der Waals surface area (Å²) in [5, 5.41) is 3.51. The molecule has 0 radical (unpaired) electrons. The van der Waals surface area contributed by atoms with Crippen LogP contribution in [0, 0.1) is 5.92 Å². The Labute approximate surface area is 112 Å². The zero-order valence-corrected chi connectivity index (χ0v) is 11.4. The topological polar surface area (TPSA) is 62.8 Å². The van der Waals surface area contributed by atoms with Gasteiger partial charge in [-0.15, -0.1) is 0 Å². The molecule has 3 heterocycles. The molecular weight excluding hydrogens is 240 g/mol. The van der Waals surface area contributed by atoms with Crippen LogP contribution in [0.2, 0.25) is 0 Å². The predicted octanol–water partition coefficient (Wildman–Crippen LogP) is 2.42. The molecule has 0 aliphatic carbocycles. The quantitative estimate of drug-likeness (QED) is 0.889. The van der Waals surface area contributed by atoms with Gasteiger partial charge in [0.1, 0.15) is 5.82 Å². The number of H-pyrrole nitrogens is 1. The lowest BCUT2D eigenvalue weighted by Crippen LogP contribution is -2.31. The number of pyridine rings is 1. The molecule has 0 spiro atoms. The lowest BCUT2D eigenvalue weighted by molar-refractivity contribution is 0.317. The van der Waals surface area contributed by atoms with Crippen molar-refractivity contribution in [2.45, 2.75) is 32.7 Å². The Hall–Kier alpha value is -1.62. The molecule has 2 aromatic rings. The molecule has 102 valence electrons. The van der Waals surface area contributed by atoms with Crippen LogP contribution in [-0.2, 0) is 0 Å². The third-order valence-corrected chi connectivity index (χ3v) is 3.63. The Balaban J connectivity index is 1.88. The number of rotatable bonds is 3. The summed E-state index contributed by atoms with van der Waals surface area (Å²) in [4.78, 5) is 12.4. The van der Waals surface area contributed by atoms with Crippen molar-refractivity contribution in [3.8, 4) is 5.88 Å². The lowest BCUT2D eigenvalue weighted by Gasteiger charge is -2.26. The number of imidazole rings is 1. The van der Waals surface area contributed by atoms with Gasteiger partial charge in [0.15, 0.2) is 5.65 Å². The van der Waals surface area contributed by atoms with Crippen molar-refractivity contribution < 1.29 is 4.74 Å². The van der Waals surface area contributed by atoms with Crippen LogP contribution >= 0.6 is 0 Å². The first-order valence-corrected chi connectivity index (χ1v) is 6.99. The molecule has 1 fully saturated rings. The van der Waals surface area contributed by atoms with Gasteiger partial charge in [-0.25, -0.2) is 4.98 Å². The van der Waals surface area contributed by atoms with Crippen LogP contribution in [-0.4, -0.2) is 28.1 Å². The van der Waals surface area contributed by atoms with Crippen molar-refractivity contribution >= 4 is 11.2 Å². The van der Waals surface area contributed by atoms with Crippen LogP contribution in [0.15, 0.2) is 12.1 Å². The molecule has 2 unspecified atom stereocenters. The Kier molecular flexibility index (Phi) is 3.38. The molecule has 1 aliphatic rings. The molecule has 2 atom stereocenters. The molecule has 0 bridgehead atoms. The maximum absolute atomic E-state index is 5.41. The number of hydrogen-bond acceptors (Lipinski definition) is 4. The Morgan fingerprint density at radius 2 is 2.26 bits per heavy atom. The standard InChI is InChI=1S/C14H20N4O/c1-3-19-12-5-4-10-13(17-12)18-14(16-10)11-8-9(2)6-7-15-11/h4-5,9,11,15H,3,6-8H2,1-2H3,(H,16,17,18). The molecule has 0 aromatic carbocycles. The summed E-state index contributed by atoms with van der Waals surface area (Å²) in [5.41, 5.74) is 1.71. The van der Waals surface area contributed by atoms with Crippen molar-refractivity contribution in [3.63, 3.8) is 0 Å². The van der Waals surface area contributed by atoms with Crippen LogP contribution in [0.5, 0.6) is 5.88 Å². The van der Waals surface area contributed by atoms with Gasteiger partial charge in [0, 0.05) is 6.07 Å². The van der Waals surface area contributed by atoms with Crippen LogP contribution in [0.1, 0.15) is 38.6 Å². The van der Waals surface area contributed by atoms with Crippen LogP contribution in [0.3, 0.4) is 0 Å². The monoisotopic (exact) mass is 260 g/mol. The van der Waals surface area contributed by atoms with Gasteiger partial charge in [-0.3, -0.25) is 0 Å². The first-order chi connectivity index (χ1) is 9.26. The highest BCUT2D eigenvalue weighted by Crippen LogP contribution is 2.26. The summed E-state index contributed by atoms with van der Waals surface area (Å²) in [6, 6.07) is 4.18. The number of ether oxygens (including phenoxy) is 1. The number of fused-ring (bicyclic) bond motifs is 1. The molecule has 2 N–H and O–H groups in total. The maximum Gasteiger partial charge on any atom is 0.215 e. The Morgan fingerprint density at radius 3 is 3.05 bits per heavy atom. The zero-order valence-electron chi connectivity index (χ0n) is 11.4. The summed E-state index contributed by atoms with van der Waals surface area (Å²) < 4.78 is 5.41. The third-order valence-electron chi connectivity index (χ3n) is 3.63. The number of nitrogens with one attached hydrogen (secondary N) is 2. The van der Waals surface area contributed by atoms with Crippen LogP contribution < -0.4 is 10.1 Å². The van der Waals surface area contributed by atoms with E-state index in [9.17, 15) is 0 Å². The molecule has 2 aromatic heterocycles. The molecule has 5 heteroatoms. The van der Waals surface area contributed by atoms with Crippen LogP contribution in [0.4, 0.5) is 0 Å². The third kappa shape index (κ3) is 2.56. The van der Waals surface area contributed by atoms with E-state index in [4.69, 9.17) is 4.74 Å². The Bertz CT molecular complexity index is 566. The summed E-state index contributed by atoms with van der Waals surface area (Å²) in [6.45, 7) is 5.93. The smallest absolute Gasteiger partial charge is 0.215 e. The highest BCUT2D eigenvalue weighted by Gasteiger charge is 2.22. The van der Waals surface area contributed by atoms with E-state index in [1.807, 2.05) is 19.1 Å². The minimum Gasteiger partial charge on any atom is -0.478 e. The predicted molar refractivity (Wildman–Crippen MR) is 74.2 cm³/mol. The average Bonchev–Trinajstić information content (AvgIpc) is 2.82. The van der Waals surface area contributed by atoms with E-state index >= 15 is 0 Å². The highest BCUT2D eigenvalue weighted by molar-refractivity contribution is 5.71. The SMILES string of the molecule is CCOc1ccc2[nH]c(C3CC(C)CCN3)nc2n1. The van der Waals surface area contributed by atoms with Crippen LogP contribution in [0.25, 0.3) is 11.2 Å². The van der Waals surface area contributed by atoms with Gasteiger partial charge < -0.3 is 15.0 Å². The van der Waals surface area contributed by atoms with Gasteiger partial charge >= 0.3 is 0 Å². The second-order valence-electron chi connectivity index (χ2n) is 5.21. The number of aromatic nitrogens is 3. The largest absolute Gasteiger partial charge is 0.478 e. The maximum atomic E-state index is 5.41. The molecular formula is C14H20N4O. The molecule has 1 saturated heterocycles. The summed E-state index contributed by atoms with van der Waals surface area (Å²) >= 11 is 0. The van der Waals surface area contributed by atoms with Gasteiger partial charge in [-0.05, 0) is 38.3 Å². The van der Waals surface area contributed by atoms with E-state index in [1.165, 1.54) is 6.42 Å². The lowest BCUT2D eigenvalue weighted by atomic mass is 9.94. The van der Waals surface area contributed by atoms with Gasteiger partial charge in [0.25, 0.3) is 0 Å². The fraction of sp³-hybridized carbons (Fsp3) is 0.571. The minimum absolute atomic E-state index is 0.313. The van der Waals surface area contributed by atoms with E-state index in [0.29, 0.717) is 18.5 Å². The van der Waals surface area contributed by atoms with Crippen molar-refractivity contribution in [1.82, 2.24) is 20.3 Å². The van der Waals surface area contributed by atoms with E-state index in [1.54, 1.807) is 0 Å². The Morgan fingerprint density at radius 1 is 1.37 bits per heavy atom. The van der Waals surface area contributed by atoms with Gasteiger partial charge in [0.05, 0.1) is 18.2 Å². The van der Waals surface area contributed by atoms with E-state index in [-0.39, 0.29) is 0 Å². The number of nitrogens with zero attached hydrogens (tertiary/aromatic N) is 2. The normalized spacial score (nSPS) is 23.7. The molecule has 5 nitrogen and oxygen atoms in total. The summed E-state index contributed by atoms with van der Waals surface area (Å²) in [7, 11) is 0. The first-order valence-electron chi connectivity index (χ1n) is 6.99. The number of aromatic amines is 1. The zero-order chi connectivity index (χ0) is 13.2. The van der Waals surface area contributed by atoms with E-state index in [0.717, 1.165) is 35.9 Å². The summed E-state index contributed by atoms with van der Waals surface area (Å²) in [6.07, 6.45) is 2.36. The average molecular weight is 260 g/mol. The van der Waals surface area contributed by atoms with Crippen molar-refractivity contribution in [2.75, 3.05) is 13.2 Å². The van der Waals surface area contributed by atoms with Crippen molar-refractivity contribution in [2.24, 2.45) is 5.92 Å². The van der Waals surface area contributed by atoms with Crippen molar-refractivity contribution in [3.05, 3.63) is 18.0 Å². The molecule has 1 aliphatic heterocycles. The molecule has 19 heavy (non-hydrogen) atoms. The number of hydrogen-bond donors (Lipinski definition) is 2. The van der Waals surface area contributed by atoms with Gasteiger partial charge in [-0.2, -0.15) is 4.98 Å². The molecule has 0 saturated carbocycles. The molecule has 0 amide bonds. The minimum atomic E-state index is 0.313. The van der Waals surface area contributed by atoms with Gasteiger partial charge in [0.2, 0.25) is 5.88 Å². The second kappa shape index (κ2) is 5.17. The first kappa shape index (κ1) is 12.4. The fourth-order valence-electron chi connectivity index (χ4n) is 2.60. The van der Waals surface area contributed by atoms with Gasteiger partial charge in [-0.1, -0.05) is 6.92 Å².